The highest BCUT2D eigenvalue weighted by Crippen LogP contribution is 2.14. The van der Waals surface area contributed by atoms with Crippen molar-refractivity contribution in [3.05, 3.63) is 0 Å². The van der Waals surface area contributed by atoms with Gasteiger partial charge in [-0.2, -0.15) is 0 Å². The van der Waals surface area contributed by atoms with Crippen LogP contribution in [0.3, 0.4) is 0 Å². The zero-order chi connectivity index (χ0) is 31.0. The summed E-state index contributed by atoms with van der Waals surface area (Å²) in [5.41, 5.74) is -3.16. The van der Waals surface area contributed by atoms with Gasteiger partial charge in [-0.3, -0.25) is 19.2 Å². The highest BCUT2D eigenvalue weighted by atomic mass is 16.6. The van der Waals surface area contributed by atoms with Crippen molar-refractivity contribution in [2.75, 3.05) is 46.2 Å². The van der Waals surface area contributed by atoms with Crippen molar-refractivity contribution in [3.63, 3.8) is 0 Å². The van der Waals surface area contributed by atoms with Crippen molar-refractivity contribution < 1.29 is 52.7 Å². The Morgan fingerprint density at radius 2 is 0.850 bits per heavy atom. The molecule has 0 fully saturated rings. The molecule has 0 saturated carbocycles. The fourth-order valence-corrected chi connectivity index (χ4v) is 3.14. The van der Waals surface area contributed by atoms with Gasteiger partial charge in [0.15, 0.2) is 0 Å². The second-order valence-electron chi connectivity index (χ2n) is 12.5. The zero-order valence-corrected chi connectivity index (χ0v) is 25.8. The number of carbonyl (C=O) groups excluding carboxylic acids is 4. The average molecular weight is 578 g/mol. The topological polar surface area (TPSA) is 156 Å². The van der Waals surface area contributed by atoms with E-state index in [0.717, 1.165) is 0 Å². The molecule has 0 heterocycles. The lowest BCUT2D eigenvalue weighted by Crippen LogP contribution is -2.59. The lowest BCUT2D eigenvalue weighted by atomic mass is 10.0. The number of hydrogen-bond donors (Lipinski definition) is 2. The Kier molecular flexibility index (Phi) is 16.5. The van der Waals surface area contributed by atoms with Gasteiger partial charge in [0.05, 0.1) is 65.5 Å². The summed E-state index contributed by atoms with van der Waals surface area (Å²) >= 11 is 0. The Hall–Kier alpha value is -2.28. The monoisotopic (exact) mass is 577 g/mol. The van der Waals surface area contributed by atoms with Gasteiger partial charge < -0.3 is 38.8 Å². The molecule has 0 aliphatic carbocycles. The van der Waals surface area contributed by atoms with E-state index in [1.54, 1.807) is 62.3 Å². The fourth-order valence-electron chi connectivity index (χ4n) is 3.14. The molecular formula is C28H51NO11. The maximum absolute atomic E-state index is 12.5. The lowest BCUT2D eigenvalue weighted by Gasteiger charge is -2.34. The van der Waals surface area contributed by atoms with E-state index in [-0.39, 0.29) is 71.9 Å². The van der Waals surface area contributed by atoms with Gasteiger partial charge in [-0.1, -0.05) is 0 Å². The molecule has 0 spiro atoms. The van der Waals surface area contributed by atoms with Crippen LogP contribution in [0, 0.1) is 0 Å². The van der Waals surface area contributed by atoms with Crippen LogP contribution in [-0.2, 0) is 47.6 Å². The maximum Gasteiger partial charge on any atom is 0.308 e. The van der Waals surface area contributed by atoms with Gasteiger partial charge in [0.1, 0.15) is 22.3 Å². The minimum atomic E-state index is -1.25. The molecule has 12 heteroatoms. The van der Waals surface area contributed by atoms with Crippen LogP contribution in [0.25, 0.3) is 0 Å². The molecule has 0 aromatic heterocycles. The number of amides is 1. The third-order valence-electron chi connectivity index (χ3n) is 4.49. The van der Waals surface area contributed by atoms with Crippen LogP contribution < -0.4 is 5.32 Å². The van der Waals surface area contributed by atoms with E-state index in [4.69, 9.17) is 28.4 Å². The minimum Gasteiger partial charge on any atom is -0.460 e. The zero-order valence-electron chi connectivity index (χ0n) is 25.8. The molecule has 0 bridgehead atoms. The van der Waals surface area contributed by atoms with Crippen LogP contribution in [0.15, 0.2) is 0 Å². The summed E-state index contributed by atoms with van der Waals surface area (Å²) in [6.45, 7) is 15.1. The molecule has 0 aliphatic rings. The molecule has 0 atom stereocenters. The number of aliphatic hydroxyl groups excluding tert-OH is 1. The standard InChI is InChI=1S/C28H51NO11/c1-25(2,3)38-22(32)11-15-35-18-28(29-21(31)10-14-30,19-36-16-12-23(33)39-26(4,5)6)20-37-17-13-24(34)40-27(7,8)9/h30H,10-20H2,1-9H3,(H,29,31). The molecule has 0 saturated heterocycles. The summed E-state index contributed by atoms with van der Waals surface area (Å²) in [7, 11) is 0. The molecule has 0 unspecified atom stereocenters. The van der Waals surface area contributed by atoms with Crippen molar-refractivity contribution in [3.8, 4) is 0 Å². The Morgan fingerprint density at radius 3 is 1.10 bits per heavy atom. The van der Waals surface area contributed by atoms with Gasteiger partial charge in [-0.05, 0) is 62.3 Å². The van der Waals surface area contributed by atoms with Crippen molar-refractivity contribution in [2.24, 2.45) is 0 Å². The summed E-state index contributed by atoms with van der Waals surface area (Å²) in [5, 5.41) is 12.0. The van der Waals surface area contributed by atoms with Gasteiger partial charge in [-0.25, -0.2) is 0 Å². The van der Waals surface area contributed by atoms with Crippen LogP contribution in [0.4, 0.5) is 0 Å². The Bertz CT molecular complexity index is 703. The molecule has 0 aromatic carbocycles. The van der Waals surface area contributed by atoms with E-state index >= 15 is 0 Å². The van der Waals surface area contributed by atoms with Crippen LogP contribution >= 0.6 is 0 Å². The van der Waals surface area contributed by atoms with E-state index in [2.05, 4.69) is 5.32 Å². The molecule has 0 aromatic rings. The second-order valence-corrected chi connectivity index (χ2v) is 12.5. The van der Waals surface area contributed by atoms with E-state index in [1.807, 2.05) is 0 Å². The summed E-state index contributed by atoms with van der Waals surface area (Å²) in [6, 6.07) is 0. The van der Waals surface area contributed by atoms with E-state index in [1.165, 1.54) is 0 Å². The predicted molar refractivity (Wildman–Crippen MR) is 146 cm³/mol. The molecule has 0 rings (SSSR count). The fraction of sp³-hybridized carbons (Fsp3) is 0.857. The van der Waals surface area contributed by atoms with Crippen molar-refractivity contribution in [1.29, 1.82) is 0 Å². The summed E-state index contributed by atoms with van der Waals surface area (Å²) in [4.78, 5) is 48.7. The Labute approximate surface area is 238 Å². The summed E-state index contributed by atoms with van der Waals surface area (Å²) in [5.74, 6) is -1.80. The number of ether oxygens (including phenoxy) is 6. The third-order valence-corrected chi connectivity index (χ3v) is 4.49. The second kappa shape index (κ2) is 17.5. The van der Waals surface area contributed by atoms with Gasteiger partial charge in [0, 0.05) is 6.42 Å². The van der Waals surface area contributed by atoms with Crippen LogP contribution in [0.2, 0.25) is 0 Å². The lowest BCUT2D eigenvalue weighted by molar-refractivity contribution is -0.157. The van der Waals surface area contributed by atoms with E-state index < -0.39 is 46.2 Å². The highest BCUT2D eigenvalue weighted by Gasteiger charge is 2.34. The van der Waals surface area contributed by atoms with Crippen molar-refractivity contribution in [2.45, 2.75) is 110 Å². The predicted octanol–water partition coefficient (Wildman–Crippen LogP) is 2.47. The van der Waals surface area contributed by atoms with Gasteiger partial charge in [0.2, 0.25) is 5.91 Å². The summed E-state index contributed by atoms with van der Waals surface area (Å²) < 4.78 is 33.0. The smallest absolute Gasteiger partial charge is 0.308 e. The molecule has 0 aliphatic heterocycles. The van der Waals surface area contributed by atoms with E-state index in [0.29, 0.717) is 0 Å². The molecule has 40 heavy (non-hydrogen) atoms. The average Bonchev–Trinajstić information content (AvgIpc) is 2.74. The highest BCUT2D eigenvalue weighted by molar-refractivity contribution is 5.77. The molecule has 234 valence electrons. The van der Waals surface area contributed by atoms with Gasteiger partial charge >= 0.3 is 17.9 Å². The SMILES string of the molecule is CC(C)(C)OC(=O)CCOCC(COCCC(=O)OC(C)(C)C)(COCCC(=O)OC(C)(C)C)NC(=O)CCO. The first-order valence-corrected chi connectivity index (χ1v) is 13.6. The van der Waals surface area contributed by atoms with Gasteiger partial charge in [0.25, 0.3) is 0 Å². The largest absolute Gasteiger partial charge is 0.460 e. The third kappa shape index (κ3) is 21.5. The van der Waals surface area contributed by atoms with Crippen LogP contribution in [0.5, 0.6) is 0 Å². The number of hydrogen-bond acceptors (Lipinski definition) is 11. The number of rotatable bonds is 18. The minimum absolute atomic E-state index is 0.00233. The molecule has 1 amide bonds. The first-order valence-electron chi connectivity index (χ1n) is 13.6. The van der Waals surface area contributed by atoms with Gasteiger partial charge in [-0.15, -0.1) is 0 Å². The normalized spacial score (nSPS) is 12.6. The van der Waals surface area contributed by atoms with Crippen molar-refractivity contribution in [1.82, 2.24) is 5.32 Å². The molecule has 2 N–H and O–H groups in total. The Balaban J connectivity index is 5.39. The van der Waals surface area contributed by atoms with Crippen LogP contribution in [0.1, 0.15) is 88.0 Å². The molecule has 12 nitrogen and oxygen atoms in total. The molecule has 0 radical (unpaired) electrons. The number of aliphatic hydroxyl groups is 1. The number of nitrogens with one attached hydrogen (secondary N) is 1. The number of carbonyl (C=O) groups is 4. The quantitative estimate of drug-likeness (QED) is 0.140. The summed E-state index contributed by atoms with van der Waals surface area (Å²) in [6.07, 6.45) is -0.222. The van der Waals surface area contributed by atoms with E-state index in [9.17, 15) is 24.3 Å². The van der Waals surface area contributed by atoms with Crippen LogP contribution in [-0.4, -0.2) is 97.5 Å². The first kappa shape index (κ1) is 37.7. The maximum atomic E-state index is 12.5. The van der Waals surface area contributed by atoms with Crippen molar-refractivity contribution >= 4 is 23.8 Å². The first-order chi connectivity index (χ1) is 18.3. The Morgan fingerprint density at radius 1 is 0.550 bits per heavy atom. The molecular weight excluding hydrogens is 526 g/mol. The number of esters is 3.